The molecule has 0 aliphatic carbocycles. The standard InChI is InChI=1S/C57H94O6/c1-4-7-10-13-16-19-22-25-27-28-30-32-35-38-41-44-47-50-56(59)62-53-54(52-61-55(58)49-46-43-40-37-34-31-24-21-18-15-12-9-6-3)63-57(60)51-48-45-42-39-36-33-29-26-23-20-17-14-11-8-5-2/h8,11,14,16-17,19-20,23,25-27,29,31,34,40,43,54H,4-7,9-10,12-13,15,18,21-22,24,28,30,32-33,35-39,41-42,44-53H2,1-3H3/b11-8-,17-14-,19-16-,23-20-,27-25-,29-26-,34-31-,43-40-. The number of rotatable bonds is 45. The Labute approximate surface area is 387 Å². The van der Waals surface area contributed by atoms with Gasteiger partial charge in [-0.25, -0.2) is 0 Å². The average molecular weight is 875 g/mol. The lowest BCUT2D eigenvalue weighted by molar-refractivity contribution is -0.166. The van der Waals surface area contributed by atoms with Crippen LogP contribution < -0.4 is 0 Å². The molecule has 0 aromatic heterocycles. The van der Waals surface area contributed by atoms with Crippen LogP contribution in [0.4, 0.5) is 0 Å². The number of ether oxygens (including phenoxy) is 3. The highest BCUT2D eigenvalue weighted by Crippen LogP contribution is 2.13. The molecule has 0 rings (SSSR count). The highest BCUT2D eigenvalue weighted by Gasteiger charge is 2.19. The summed E-state index contributed by atoms with van der Waals surface area (Å²) in [6, 6.07) is 0. The van der Waals surface area contributed by atoms with E-state index < -0.39 is 6.10 Å². The van der Waals surface area contributed by atoms with Crippen LogP contribution >= 0.6 is 0 Å². The number of allylic oxidation sites excluding steroid dienone is 16. The van der Waals surface area contributed by atoms with Crippen LogP contribution in [0.5, 0.6) is 0 Å². The fourth-order valence-corrected chi connectivity index (χ4v) is 6.77. The lowest BCUT2D eigenvalue weighted by atomic mass is 10.1. The maximum absolute atomic E-state index is 12.8. The van der Waals surface area contributed by atoms with Crippen LogP contribution in [-0.2, 0) is 28.6 Å². The highest BCUT2D eigenvalue weighted by atomic mass is 16.6. The van der Waals surface area contributed by atoms with Crippen LogP contribution in [0.25, 0.3) is 0 Å². The van der Waals surface area contributed by atoms with Crippen molar-refractivity contribution in [2.24, 2.45) is 0 Å². The fourth-order valence-electron chi connectivity index (χ4n) is 6.77. The van der Waals surface area contributed by atoms with Crippen molar-refractivity contribution in [2.75, 3.05) is 13.2 Å². The summed E-state index contributed by atoms with van der Waals surface area (Å²) >= 11 is 0. The molecule has 0 saturated carbocycles. The Hall–Kier alpha value is -3.67. The van der Waals surface area contributed by atoms with Gasteiger partial charge in [0.1, 0.15) is 13.2 Å². The normalized spacial score (nSPS) is 12.9. The van der Waals surface area contributed by atoms with Crippen molar-refractivity contribution in [2.45, 2.75) is 232 Å². The molecule has 0 heterocycles. The molecule has 1 unspecified atom stereocenters. The van der Waals surface area contributed by atoms with Gasteiger partial charge in [0.2, 0.25) is 0 Å². The Morgan fingerprint density at radius 3 is 1.22 bits per heavy atom. The van der Waals surface area contributed by atoms with Gasteiger partial charge < -0.3 is 14.2 Å². The molecule has 0 aromatic rings. The van der Waals surface area contributed by atoms with Gasteiger partial charge in [-0.3, -0.25) is 14.4 Å². The zero-order chi connectivity index (χ0) is 45.8. The molecule has 0 amide bonds. The fraction of sp³-hybridized carbons (Fsp3) is 0.667. The van der Waals surface area contributed by atoms with Gasteiger partial charge in [0.05, 0.1) is 0 Å². The van der Waals surface area contributed by atoms with Crippen molar-refractivity contribution in [3.63, 3.8) is 0 Å². The summed E-state index contributed by atoms with van der Waals surface area (Å²) in [7, 11) is 0. The molecular weight excluding hydrogens is 781 g/mol. The minimum absolute atomic E-state index is 0.110. The van der Waals surface area contributed by atoms with Crippen LogP contribution in [0.15, 0.2) is 97.2 Å². The molecule has 0 saturated heterocycles. The van der Waals surface area contributed by atoms with Gasteiger partial charge in [0.15, 0.2) is 6.10 Å². The van der Waals surface area contributed by atoms with Crippen molar-refractivity contribution in [1.82, 2.24) is 0 Å². The van der Waals surface area contributed by atoms with E-state index >= 15 is 0 Å². The van der Waals surface area contributed by atoms with Crippen molar-refractivity contribution < 1.29 is 28.6 Å². The largest absolute Gasteiger partial charge is 0.462 e. The van der Waals surface area contributed by atoms with Crippen LogP contribution in [0.3, 0.4) is 0 Å². The third-order valence-corrected chi connectivity index (χ3v) is 10.7. The van der Waals surface area contributed by atoms with E-state index in [1.807, 2.05) is 30.4 Å². The van der Waals surface area contributed by atoms with E-state index in [4.69, 9.17) is 14.2 Å². The molecule has 0 radical (unpaired) electrons. The Balaban J connectivity index is 4.50. The lowest BCUT2D eigenvalue weighted by Gasteiger charge is -2.18. The van der Waals surface area contributed by atoms with E-state index in [-0.39, 0.29) is 44.0 Å². The zero-order valence-corrected chi connectivity index (χ0v) is 40.8. The van der Waals surface area contributed by atoms with Gasteiger partial charge in [0.25, 0.3) is 0 Å². The van der Waals surface area contributed by atoms with E-state index in [1.165, 1.54) is 89.9 Å². The Bertz CT molecular complexity index is 1280. The Kier molecular flexibility index (Phi) is 48.0. The maximum Gasteiger partial charge on any atom is 0.306 e. The van der Waals surface area contributed by atoms with E-state index in [9.17, 15) is 14.4 Å². The Morgan fingerprint density at radius 2 is 0.714 bits per heavy atom. The van der Waals surface area contributed by atoms with E-state index in [0.29, 0.717) is 12.8 Å². The van der Waals surface area contributed by atoms with Gasteiger partial charge in [0, 0.05) is 19.3 Å². The smallest absolute Gasteiger partial charge is 0.306 e. The predicted molar refractivity (Wildman–Crippen MR) is 270 cm³/mol. The van der Waals surface area contributed by atoms with Crippen molar-refractivity contribution in [1.29, 1.82) is 0 Å². The molecule has 358 valence electrons. The van der Waals surface area contributed by atoms with Crippen molar-refractivity contribution in [3.05, 3.63) is 97.2 Å². The molecular formula is C57H94O6. The second-order valence-corrected chi connectivity index (χ2v) is 16.8. The summed E-state index contributed by atoms with van der Waals surface area (Å²) in [5.74, 6) is -1.01. The average Bonchev–Trinajstić information content (AvgIpc) is 3.28. The summed E-state index contributed by atoms with van der Waals surface area (Å²) in [6.45, 7) is 6.38. The molecule has 6 heteroatoms. The van der Waals surface area contributed by atoms with Gasteiger partial charge >= 0.3 is 17.9 Å². The van der Waals surface area contributed by atoms with Gasteiger partial charge in [-0.05, 0) is 89.9 Å². The van der Waals surface area contributed by atoms with Gasteiger partial charge in [-0.1, -0.05) is 214 Å². The topological polar surface area (TPSA) is 78.9 Å². The number of hydrogen-bond acceptors (Lipinski definition) is 6. The van der Waals surface area contributed by atoms with Gasteiger partial charge in [-0.15, -0.1) is 0 Å². The minimum Gasteiger partial charge on any atom is -0.462 e. The summed E-state index contributed by atoms with van der Waals surface area (Å²) in [5.41, 5.74) is 0. The van der Waals surface area contributed by atoms with Crippen molar-refractivity contribution in [3.8, 4) is 0 Å². The van der Waals surface area contributed by atoms with Crippen LogP contribution in [-0.4, -0.2) is 37.2 Å². The van der Waals surface area contributed by atoms with Crippen LogP contribution in [0.2, 0.25) is 0 Å². The molecule has 0 aliphatic rings. The number of carbonyl (C=O) groups is 3. The first-order chi connectivity index (χ1) is 31.0. The number of hydrogen-bond donors (Lipinski definition) is 0. The molecule has 0 aliphatic heterocycles. The molecule has 0 fully saturated rings. The first-order valence-corrected chi connectivity index (χ1v) is 25.8. The third-order valence-electron chi connectivity index (χ3n) is 10.7. The monoisotopic (exact) mass is 875 g/mol. The zero-order valence-electron chi connectivity index (χ0n) is 40.8. The molecule has 0 N–H and O–H groups in total. The maximum atomic E-state index is 12.8. The summed E-state index contributed by atoms with van der Waals surface area (Å²) < 4.78 is 16.7. The second kappa shape index (κ2) is 51.0. The van der Waals surface area contributed by atoms with Gasteiger partial charge in [-0.2, -0.15) is 0 Å². The summed E-state index contributed by atoms with van der Waals surface area (Å²) in [5, 5.41) is 0. The number of unbranched alkanes of at least 4 members (excludes halogenated alkanes) is 21. The molecule has 0 spiro atoms. The lowest BCUT2D eigenvalue weighted by Crippen LogP contribution is -2.30. The number of carbonyl (C=O) groups excluding carboxylic acids is 3. The third kappa shape index (κ3) is 49.2. The first kappa shape index (κ1) is 59.3. The molecule has 0 bridgehead atoms. The molecule has 1 atom stereocenters. The Morgan fingerprint density at radius 1 is 0.349 bits per heavy atom. The van der Waals surface area contributed by atoms with Crippen LogP contribution in [0.1, 0.15) is 226 Å². The summed E-state index contributed by atoms with van der Waals surface area (Å²) in [6.07, 6.45) is 66.8. The van der Waals surface area contributed by atoms with E-state index in [1.54, 1.807) is 0 Å². The second-order valence-electron chi connectivity index (χ2n) is 16.8. The SMILES string of the molecule is CC\C=C/C=C\C=C/C=C\CCCCCCCC(=O)OC(COC(=O)CC/C=C\C/C=C\CCCCCCCC)COC(=O)CCCCCCCCC/C=C\C/C=C\CCCCC. The number of esters is 3. The molecule has 0 aromatic carbocycles. The van der Waals surface area contributed by atoms with E-state index in [2.05, 4.69) is 87.6 Å². The highest BCUT2D eigenvalue weighted by molar-refractivity contribution is 5.71. The molecule has 6 nitrogen and oxygen atoms in total. The van der Waals surface area contributed by atoms with E-state index in [0.717, 1.165) is 89.9 Å². The molecule has 63 heavy (non-hydrogen) atoms. The van der Waals surface area contributed by atoms with Crippen LogP contribution in [0, 0.1) is 0 Å². The first-order valence-electron chi connectivity index (χ1n) is 25.8. The quantitative estimate of drug-likeness (QED) is 0.0199. The van der Waals surface area contributed by atoms with Crippen molar-refractivity contribution >= 4 is 17.9 Å². The summed E-state index contributed by atoms with van der Waals surface area (Å²) in [4.78, 5) is 37.9. The predicted octanol–water partition coefficient (Wildman–Crippen LogP) is 17.0. The minimum atomic E-state index is -0.816.